The molecule has 92 valence electrons. The lowest BCUT2D eigenvalue weighted by Gasteiger charge is -2.16. The smallest absolute Gasteiger partial charge is 0.408 e. The lowest BCUT2D eigenvalue weighted by molar-refractivity contribution is 0.0173. The number of oxazole rings is 1. The lowest BCUT2D eigenvalue weighted by atomic mass is 10.0. The minimum atomic E-state index is -1.01. The molecule has 0 amide bonds. The van der Waals surface area contributed by atoms with Crippen molar-refractivity contribution in [1.82, 2.24) is 4.98 Å². The van der Waals surface area contributed by atoms with Gasteiger partial charge in [-0.1, -0.05) is 6.07 Å². The molecule has 0 bridgehead atoms. The Labute approximate surface area is 102 Å². The van der Waals surface area contributed by atoms with Gasteiger partial charge in [0.05, 0.1) is 11.6 Å². The Hall–Kier alpha value is -1.24. The van der Waals surface area contributed by atoms with E-state index < -0.39 is 18.0 Å². The Kier molecular flexibility index (Phi) is 3.56. The maximum atomic E-state index is 11.0. The second-order valence-corrected chi connectivity index (χ2v) is 4.24. The highest BCUT2D eigenvalue weighted by Crippen LogP contribution is 2.22. The molecular formula is C11H13NO4S. The van der Waals surface area contributed by atoms with Crippen LogP contribution in [0.25, 0.3) is 11.1 Å². The van der Waals surface area contributed by atoms with Gasteiger partial charge in [-0.15, -0.1) is 0 Å². The zero-order valence-electron chi connectivity index (χ0n) is 8.96. The van der Waals surface area contributed by atoms with Crippen molar-refractivity contribution in [3.05, 3.63) is 34.3 Å². The molecule has 1 aromatic carbocycles. The number of rotatable bonds is 4. The predicted molar refractivity (Wildman–Crippen MR) is 66.3 cm³/mol. The fourth-order valence-electron chi connectivity index (χ4n) is 1.66. The highest BCUT2D eigenvalue weighted by molar-refractivity contribution is 7.80. The number of fused-ring (bicyclic) bond motifs is 1. The fraction of sp³-hybridized carbons (Fsp3) is 0.364. The zero-order chi connectivity index (χ0) is 12.4. The van der Waals surface area contributed by atoms with Crippen LogP contribution >= 0.6 is 12.6 Å². The number of hydrogen-bond donors (Lipinski definition) is 4. The maximum absolute atomic E-state index is 11.0. The van der Waals surface area contributed by atoms with Crippen LogP contribution in [0.15, 0.2) is 27.4 Å². The van der Waals surface area contributed by atoms with E-state index in [-0.39, 0.29) is 0 Å². The van der Waals surface area contributed by atoms with E-state index >= 15 is 0 Å². The van der Waals surface area contributed by atoms with Gasteiger partial charge in [0.2, 0.25) is 0 Å². The van der Waals surface area contributed by atoms with Crippen LogP contribution in [0.2, 0.25) is 0 Å². The summed E-state index contributed by atoms with van der Waals surface area (Å²) in [6.45, 7) is 0. The molecule has 17 heavy (non-hydrogen) atoms. The van der Waals surface area contributed by atoms with Crippen LogP contribution < -0.4 is 5.76 Å². The van der Waals surface area contributed by atoms with Crippen LogP contribution in [-0.2, 0) is 0 Å². The number of thiol groups is 1. The van der Waals surface area contributed by atoms with E-state index in [0.717, 1.165) is 0 Å². The van der Waals surface area contributed by atoms with Gasteiger partial charge in [0, 0.05) is 0 Å². The van der Waals surface area contributed by atoms with E-state index in [1.54, 1.807) is 18.2 Å². The maximum Gasteiger partial charge on any atom is 0.417 e. The Morgan fingerprint density at radius 3 is 2.88 bits per heavy atom. The summed E-state index contributed by atoms with van der Waals surface area (Å²) in [7, 11) is 0. The van der Waals surface area contributed by atoms with Crippen LogP contribution in [0.5, 0.6) is 0 Å². The molecule has 6 heteroatoms. The van der Waals surface area contributed by atoms with Gasteiger partial charge in [0.25, 0.3) is 0 Å². The third-order valence-electron chi connectivity index (χ3n) is 2.58. The Bertz CT molecular complexity index is 562. The highest BCUT2D eigenvalue weighted by Gasteiger charge is 2.18. The Morgan fingerprint density at radius 2 is 2.18 bits per heavy atom. The quantitative estimate of drug-likeness (QED) is 0.610. The summed E-state index contributed by atoms with van der Waals surface area (Å²) in [5, 5.41) is 19.5. The molecule has 3 N–H and O–H groups in total. The number of aliphatic hydroxyl groups is 2. The highest BCUT2D eigenvalue weighted by atomic mass is 32.1. The Balaban J connectivity index is 2.32. The average Bonchev–Trinajstić information content (AvgIpc) is 2.67. The molecular weight excluding hydrogens is 242 g/mol. The first-order chi connectivity index (χ1) is 8.11. The molecule has 0 aliphatic rings. The molecule has 0 aliphatic carbocycles. The topological polar surface area (TPSA) is 86.5 Å². The molecule has 0 radical (unpaired) electrons. The van der Waals surface area contributed by atoms with Crippen molar-refractivity contribution in [2.75, 3.05) is 5.75 Å². The number of H-pyrrole nitrogens is 1. The standard InChI is InChI=1S/C11H13NO4S/c13-8(3-4-17)10(14)6-1-2-7-9(5-6)16-11(15)12-7/h1-2,5,8,10,13-14,17H,3-4H2,(H,12,15). The molecule has 2 aromatic rings. The third-order valence-corrected chi connectivity index (χ3v) is 2.83. The van der Waals surface area contributed by atoms with Crippen molar-refractivity contribution in [1.29, 1.82) is 0 Å². The monoisotopic (exact) mass is 255 g/mol. The van der Waals surface area contributed by atoms with Crippen molar-refractivity contribution in [3.8, 4) is 0 Å². The van der Waals surface area contributed by atoms with E-state index in [1.165, 1.54) is 0 Å². The van der Waals surface area contributed by atoms with Gasteiger partial charge in [-0.05, 0) is 29.9 Å². The first-order valence-corrected chi connectivity index (χ1v) is 5.85. The fourth-order valence-corrected chi connectivity index (χ4v) is 1.92. The van der Waals surface area contributed by atoms with Crippen LogP contribution in [0, 0.1) is 0 Å². The van der Waals surface area contributed by atoms with Gasteiger partial charge in [0.1, 0.15) is 6.10 Å². The SMILES string of the molecule is O=c1[nH]c2ccc(C(O)C(O)CCS)cc2o1. The number of benzene rings is 1. The van der Waals surface area contributed by atoms with Crippen LogP contribution in [0.3, 0.4) is 0 Å². The molecule has 2 rings (SSSR count). The van der Waals surface area contributed by atoms with Crippen LogP contribution in [0.1, 0.15) is 18.1 Å². The second kappa shape index (κ2) is 4.95. The summed E-state index contributed by atoms with van der Waals surface area (Å²) in [6, 6.07) is 4.81. The number of nitrogens with one attached hydrogen (secondary N) is 1. The van der Waals surface area contributed by atoms with Crippen molar-refractivity contribution >= 4 is 23.7 Å². The summed E-state index contributed by atoms with van der Waals surface area (Å²) in [4.78, 5) is 13.5. The number of aromatic nitrogens is 1. The molecule has 0 saturated carbocycles. The predicted octanol–water partition coefficient (Wildman–Crippen LogP) is 0.835. The summed E-state index contributed by atoms with van der Waals surface area (Å²) in [6.07, 6.45) is -1.50. The van der Waals surface area contributed by atoms with Crippen LogP contribution in [0.4, 0.5) is 0 Å². The van der Waals surface area contributed by atoms with Gasteiger partial charge >= 0.3 is 5.76 Å². The van der Waals surface area contributed by atoms with Gasteiger partial charge < -0.3 is 14.6 Å². The number of aromatic amines is 1. The minimum absolute atomic E-state index is 0.365. The van der Waals surface area contributed by atoms with Crippen LogP contribution in [-0.4, -0.2) is 27.1 Å². The lowest BCUT2D eigenvalue weighted by Crippen LogP contribution is -2.18. The normalized spacial score (nSPS) is 15.0. The molecule has 0 fully saturated rings. The van der Waals surface area contributed by atoms with E-state index in [2.05, 4.69) is 17.6 Å². The molecule has 1 aromatic heterocycles. The van der Waals surface area contributed by atoms with Gasteiger partial charge in [-0.3, -0.25) is 4.98 Å². The van der Waals surface area contributed by atoms with Crippen molar-refractivity contribution in [3.63, 3.8) is 0 Å². The largest absolute Gasteiger partial charge is 0.417 e. The van der Waals surface area contributed by atoms with Crippen molar-refractivity contribution < 1.29 is 14.6 Å². The molecule has 0 spiro atoms. The second-order valence-electron chi connectivity index (χ2n) is 3.79. The summed E-state index contributed by atoms with van der Waals surface area (Å²) >= 11 is 3.99. The van der Waals surface area contributed by atoms with E-state index in [1.807, 2.05) is 0 Å². The first-order valence-electron chi connectivity index (χ1n) is 5.21. The van der Waals surface area contributed by atoms with Gasteiger partial charge in [-0.25, -0.2) is 4.79 Å². The number of aliphatic hydroxyl groups excluding tert-OH is 2. The Morgan fingerprint density at radius 1 is 1.41 bits per heavy atom. The average molecular weight is 255 g/mol. The molecule has 2 atom stereocenters. The molecule has 5 nitrogen and oxygen atoms in total. The molecule has 1 heterocycles. The molecule has 2 unspecified atom stereocenters. The zero-order valence-corrected chi connectivity index (χ0v) is 9.85. The first kappa shape index (κ1) is 12.2. The van der Waals surface area contributed by atoms with E-state index in [9.17, 15) is 15.0 Å². The minimum Gasteiger partial charge on any atom is -0.408 e. The summed E-state index contributed by atoms with van der Waals surface area (Å²) in [5.41, 5.74) is 1.44. The summed E-state index contributed by atoms with van der Waals surface area (Å²) in [5.74, 6) is -0.0535. The van der Waals surface area contributed by atoms with Crippen molar-refractivity contribution in [2.24, 2.45) is 0 Å². The van der Waals surface area contributed by atoms with Crippen molar-refractivity contribution in [2.45, 2.75) is 18.6 Å². The third kappa shape index (κ3) is 2.54. The number of hydrogen-bond acceptors (Lipinski definition) is 5. The molecule has 0 aliphatic heterocycles. The van der Waals surface area contributed by atoms with E-state index in [4.69, 9.17) is 4.42 Å². The summed E-state index contributed by atoms with van der Waals surface area (Å²) < 4.78 is 4.88. The van der Waals surface area contributed by atoms with Gasteiger partial charge in [0.15, 0.2) is 5.58 Å². The van der Waals surface area contributed by atoms with Gasteiger partial charge in [-0.2, -0.15) is 12.6 Å². The molecule has 0 saturated heterocycles. The van der Waals surface area contributed by atoms with E-state index in [0.29, 0.717) is 28.8 Å².